The molecule has 4 rings (SSSR count). The minimum Gasteiger partial charge on any atom is -0.497 e. The minimum absolute atomic E-state index is 0.0447. The van der Waals surface area contributed by atoms with Gasteiger partial charge in [0.25, 0.3) is 10.0 Å². The van der Waals surface area contributed by atoms with Gasteiger partial charge in [0.2, 0.25) is 5.91 Å². The molecule has 0 saturated carbocycles. The molecule has 0 bridgehead atoms. The van der Waals surface area contributed by atoms with Crippen molar-refractivity contribution in [3.05, 3.63) is 90.0 Å². The van der Waals surface area contributed by atoms with Gasteiger partial charge < -0.3 is 9.47 Å². The Morgan fingerprint density at radius 1 is 0.806 bits per heavy atom. The number of benzene rings is 3. The molecule has 0 aromatic heterocycles. The zero-order chi connectivity index (χ0) is 22.0. The number of nitrogens with zero attached hydrogens (tertiary/aromatic N) is 1. The fourth-order valence-corrected chi connectivity index (χ4v) is 5.66. The third kappa shape index (κ3) is 3.88. The second-order valence-electron chi connectivity index (χ2n) is 7.31. The highest BCUT2D eigenvalue weighted by Gasteiger charge is 2.48. The van der Waals surface area contributed by atoms with E-state index in [-0.39, 0.29) is 17.2 Å². The lowest BCUT2D eigenvalue weighted by Crippen LogP contribution is -2.35. The molecule has 0 unspecified atom stereocenters. The SMILES string of the molecule is COc1ccc(S(=O)(=O)N2C(=O)C[C@H](c3ccccc3)[C@@H]2c2cccc(OC)c2)cc1. The Bertz CT molecular complexity index is 1180. The molecule has 2 atom stereocenters. The Kier molecular flexibility index (Phi) is 5.69. The van der Waals surface area contributed by atoms with E-state index in [1.807, 2.05) is 36.4 Å². The van der Waals surface area contributed by atoms with Crippen LogP contribution in [0.25, 0.3) is 0 Å². The Morgan fingerprint density at radius 3 is 2.10 bits per heavy atom. The standard InChI is InChI=1S/C24H23NO5S/c1-29-19-11-13-21(14-12-19)31(27,28)25-23(26)16-22(17-7-4-3-5-8-17)24(25)18-9-6-10-20(15-18)30-2/h3-15,22,24H,16H2,1-2H3/t22-,24+/m1/s1. The number of methoxy groups -OCH3 is 2. The monoisotopic (exact) mass is 437 g/mol. The van der Waals surface area contributed by atoms with E-state index in [2.05, 4.69) is 0 Å². The zero-order valence-electron chi connectivity index (χ0n) is 17.3. The van der Waals surface area contributed by atoms with Crippen LogP contribution in [0.3, 0.4) is 0 Å². The van der Waals surface area contributed by atoms with Crippen LogP contribution in [0.1, 0.15) is 29.5 Å². The van der Waals surface area contributed by atoms with Crippen LogP contribution < -0.4 is 9.47 Å². The largest absolute Gasteiger partial charge is 0.497 e. The predicted molar refractivity (Wildman–Crippen MR) is 117 cm³/mol. The Labute approximate surface area is 182 Å². The number of amides is 1. The molecule has 1 aliphatic heterocycles. The maximum absolute atomic E-state index is 13.6. The lowest BCUT2D eigenvalue weighted by molar-refractivity contribution is -0.124. The number of ether oxygens (including phenoxy) is 2. The average Bonchev–Trinajstić information content (AvgIpc) is 3.17. The van der Waals surface area contributed by atoms with Crippen LogP contribution in [0, 0.1) is 0 Å². The summed E-state index contributed by atoms with van der Waals surface area (Å²) in [6, 6.07) is 22.1. The summed E-state index contributed by atoms with van der Waals surface area (Å²) in [4.78, 5) is 13.2. The molecule has 1 aliphatic rings. The summed E-state index contributed by atoms with van der Waals surface area (Å²) in [6.45, 7) is 0. The quantitative estimate of drug-likeness (QED) is 0.579. The second-order valence-corrected chi connectivity index (χ2v) is 9.13. The first-order valence-corrected chi connectivity index (χ1v) is 11.3. The van der Waals surface area contributed by atoms with E-state index in [4.69, 9.17) is 9.47 Å². The Balaban J connectivity index is 1.85. The molecule has 7 heteroatoms. The highest BCUT2D eigenvalue weighted by atomic mass is 32.2. The fourth-order valence-electron chi connectivity index (χ4n) is 4.05. The van der Waals surface area contributed by atoms with Crippen molar-refractivity contribution in [1.82, 2.24) is 4.31 Å². The van der Waals surface area contributed by atoms with E-state index in [0.717, 1.165) is 9.87 Å². The highest BCUT2D eigenvalue weighted by molar-refractivity contribution is 7.89. The molecule has 1 saturated heterocycles. The molecule has 31 heavy (non-hydrogen) atoms. The second kappa shape index (κ2) is 8.43. The zero-order valence-corrected chi connectivity index (χ0v) is 18.1. The molecular formula is C24H23NO5S. The minimum atomic E-state index is -4.08. The molecule has 0 aliphatic carbocycles. The van der Waals surface area contributed by atoms with Crippen molar-refractivity contribution in [3.63, 3.8) is 0 Å². The molecule has 0 N–H and O–H groups in total. The van der Waals surface area contributed by atoms with Crippen LogP contribution in [0.15, 0.2) is 83.8 Å². The Morgan fingerprint density at radius 2 is 1.45 bits per heavy atom. The van der Waals surface area contributed by atoms with E-state index >= 15 is 0 Å². The maximum atomic E-state index is 13.6. The van der Waals surface area contributed by atoms with Crippen molar-refractivity contribution in [3.8, 4) is 11.5 Å². The fraction of sp³-hybridized carbons (Fsp3) is 0.208. The van der Waals surface area contributed by atoms with E-state index < -0.39 is 22.0 Å². The van der Waals surface area contributed by atoms with Crippen LogP contribution in [-0.4, -0.2) is 32.8 Å². The lowest BCUT2D eigenvalue weighted by atomic mass is 9.88. The summed E-state index contributed by atoms with van der Waals surface area (Å²) in [6.07, 6.45) is 0.0985. The predicted octanol–water partition coefficient (Wildman–Crippen LogP) is 4.15. The third-order valence-corrected chi connectivity index (χ3v) is 7.37. The van der Waals surface area contributed by atoms with Crippen molar-refractivity contribution < 1.29 is 22.7 Å². The van der Waals surface area contributed by atoms with Gasteiger partial charge in [-0.05, 0) is 47.5 Å². The molecule has 1 fully saturated rings. The number of carbonyl (C=O) groups excluding carboxylic acids is 1. The van der Waals surface area contributed by atoms with Gasteiger partial charge >= 0.3 is 0 Å². The topological polar surface area (TPSA) is 72.9 Å². The van der Waals surface area contributed by atoms with Crippen LogP contribution in [0.2, 0.25) is 0 Å². The van der Waals surface area contributed by atoms with Gasteiger partial charge in [0.05, 0.1) is 25.2 Å². The summed E-state index contributed by atoms with van der Waals surface area (Å²) in [5.41, 5.74) is 1.62. The van der Waals surface area contributed by atoms with Gasteiger partial charge in [-0.15, -0.1) is 0 Å². The van der Waals surface area contributed by atoms with Crippen molar-refractivity contribution in [2.75, 3.05) is 14.2 Å². The molecule has 6 nitrogen and oxygen atoms in total. The molecule has 3 aromatic carbocycles. The maximum Gasteiger partial charge on any atom is 0.267 e. The van der Waals surface area contributed by atoms with Gasteiger partial charge in [0, 0.05) is 12.3 Å². The Hall–Kier alpha value is -3.32. The average molecular weight is 438 g/mol. The molecular weight excluding hydrogens is 414 g/mol. The summed E-state index contributed by atoms with van der Waals surface area (Å²) in [5, 5.41) is 0. The van der Waals surface area contributed by atoms with Gasteiger partial charge in [-0.25, -0.2) is 12.7 Å². The van der Waals surface area contributed by atoms with Crippen LogP contribution >= 0.6 is 0 Å². The normalized spacial score (nSPS) is 18.8. The molecule has 0 radical (unpaired) electrons. The summed E-state index contributed by atoms with van der Waals surface area (Å²) >= 11 is 0. The summed E-state index contributed by atoms with van der Waals surface area (Å²) in [7, 11) is -1.02. The number of hydrogen-bond donors (Lipinski definition) is 0. The van der Waals surface area contributed by atoms with Crippen LogP contribution in [0.5, 0.6) is 11.5 Å². The molecule has 160 valence electrons. The molecule has 1 amide bonds. The van der Waals surface area contributed by atoms with Crippen molar-refractivity contribution in [2.24, 2.45) is 0 Å². The lowest BCUT2D eigenvalue weighted by Gasteiger charge is -2.28. The van der Waals surface area contributed by atoms with Crippen molar-refractivity contribution in [2.45, 2.75) is 23.3 Å². The molecule has 1 heterocycles. The van der Waals surface area contributed by atoms with Gasteiger partial charge in [-0.1, -0.05) is 42.5 Å². The van der Waals surface area contributed by atoms with E-state index in [1.165, 1.54) is 19.2 Å². The highest BCUT2D eigenvalue weighted by Crippen LogP contribution is 2.47. The van der Waals surface area contributed by atoms with Crippen molar-refractivity contribution >= 4 is 15.9 Å². The van der Waals surface area contributed by atoms with Gasteiger partial charge in [0.1, 0.15) is 11.5 Å². The summed E-state index contributed by atoms with van der Waals surface area (Å²) in [5.74, 6) is 0.398. The van der Waals surface area contributed by atoms with Crippen LogP contribution in [-0.2, 0) is 14.8 Å². The van der Waals surface area contributed by atoms with E-state index in [9.17, 15) is 13.2 Å². The van der Waals surface area contributed by atoms with Crippen molar-refractivity contribution in [1.29, 1.82) is 0 Å². The summed E-state index contributed by atoms with van der Waals surface area (Å²) < 4.78 is 38.7. The van der Waals surface area contributed by atoms with Gasteiger partial charge in [-0.2, -0.15) is 0 Å². The number of rotatable bonds is 6. The first-order valence-electron chi connectivity index (χ1n) is 9.86. The number of hydrogen-bond acceptors (Lipinski definition) is 5. The molecule has 0 spiro atoms. The van der Waals surface area contributed by atoms with E-state index in [0.29, 0.717) is 17.1 Å². The third-order valence-electron chi connectivity index (χ3n) is 5.55. The van der Waals surface area contributed by atoms with E-state index in [1.54, 1.807) is 37.4 Å². The van der Waals surface area contributed by atoms with Gasteiger partial charge in [-0.3, -0.25) is 4.79 Å². The van der Waals surface area contributed by atoms with Crippen LogP contribution in [0.4, 0.5) is 0 Å². The smallest absolute Gasteiger partial charge is 0.267 e. The molecule has 3 aromatic rings. The number of sulfonamides is 1. The number of carbonyl (C=O) groups is 1. The first kappa shape index (κ1) is 20.9. The van der Waals surface area contributed by atoms with Gasteiger partial charge in [0.15, 0.2) is 0 Å². The first-order chi connectivity index (χ1) is 15.0.